The maximum atomic E-state index is 8.70. The van der Waals surface area contributed by atoms with Crippen LogP contribution in [0.15, 0.2) is 24.3 Å². The van der Waals surface area contributed by atoms with Gasteiger partial charge in [0, 0.05) is 5.69 Å². The van der Waals surface area contributed by atoms with Crippen LogP contribution in [0.4, 0.5) is 5.69 Å². The van der Waals surface area contributed by atoms with Crippen LogP contribution in [0.3, 0.4) is 0 Å². The van der Waals surface area contributed by atoms with Crippen LogP contribution in [0.1, 0.15) is 0 Å². The van der Waals surface area contributed by atoms with Gasteiger partial charge < -0.3 is 10.8 Å². The molecule has 0 aromatic heterocycles. The molecule has 0 heterocycles. The Kier molecular flexibility index (Phi) is 1.08. The fraction of sp³-hybridized carbons (Fsp3) is 0. The van der Waals surface area contributed by atoms with Crippen molar-refractivity contribution in [3.63, 3.8) is 0 Å². The first kappa shape index (κ1) is 4.97. The van der Waals surface area contributed by atoms with Crippen molar-refractivity contribution in [3.8, 4) is 5.75 Å². The molecule has 0 atom stereocenters. The van der Waals surface area contributed by atoms with E-state index in [0.29, 0.717) is 5.69 Å². The van der Waals surface area contributed by atoms with Crippen molar-refractivity contribution in [2.45, 2.75) is 0 Å². The van der Waals surface area contributed by atoms with Gasteiger partial charge in [-0.15, -0.1) is 0 Å². The highest BCUT2D eigenvalue weighted by molar-refractivity contribution is 5.40. The van der Waals surface area contributed by atoms with Crippen LogP contribution >= 0.6 is 0 Å². The lowest BCUT2D eigenvalue weighted by molar-refractivity contribution is 0.475. The minimum Gasteiger partial charge on any atom is -0.508 e. The van der Waals surface area contributed by atoms with E-state index in [1.807, 2.05) is 0 Å². The standard InChI is InChI=1S/C6H7NO/c7-5-1-3-6(8)4-2-5/h1-4,8H,7H2/i6+1. The van der Waals surface area contributed by atoms with Crippen molar-refractivity contribution < 1.29 is 5.11 Å². The molecule has 0 unspecified atom stereocenters. The van der Waals surface area contributed by atoms with Crippen LogP contribution in [0.5, 0.6) is 5.75 Å². The smallest absolute Gasteiger partial charge is 0.115 e. The fourth-order valence-corrected chi connectivity index (χ4v) is 0.474. The lowest BCUT2D eigenvalue weighted by Gasteiger charge is -1.89. The number of anilines is 1. The van der Waals surface area contributed by atoms with Gasteiger partial charge >= 0.3 is 0 Å². The molecule has 1 rings (SSSR count). The molecule has 0 amide bonds. The van der Waals surface area contributed by atoms with Gasteiger partial charge in [-0.3, -0.25) is 0 Å². The van der Waals surface area contributed by atoms with Crippen LogP contribution in [-0.4, -0.2) is 5.11 Å². The minimum absolute atomic E-state index is 0.249. The molecule has 0 aliphatic rings. The van der Waals surface area contributed by atoms with Crippen LogP contribution in [-0.2, 0) is 0 Å². The summed E-state index contributed by atoms with van der Waals surface area (Å²) >= 11 is 0. The molecule has 3 N–H and O–H groups in total. The first-order valence-electron chi connectivity index (χ1n) is 2.33. The van der Waals surface area contributed by atoms with Gasteiger partial charge in [-0.1, -0.05) is 0 Å². The molecule has 0 saturated carbocycles. The summed E-state index contributed by atoms with van der Waals surface area (Å²) in [5, 5.41) is 8.70. The molecule has 0 aliphatic carbocycles. The van der Waals surface area contributed by atoms with Crippen LogP contribution in [0.2, 0.25) is 0 Å². The first-order chi connectivity index (χ1) is 3.79. The zero-order valence-corrected chi connectivity index (χ0v) is 4.33. The second-order valence-corrected chi connectivity index (χ2v) is 1.59. The molecular formula is C6H7NO. The normalized spacial score (nSPS) is 9.00. The van der Waals surface area contributed by atoms with E-state index >= 15 is 0 Å². The zero-order chi connectivity index (χ0) is 5.98. The topological polar surface area (TPSA) is 46.2 Å². The molecule has 0 fully saturated rings. The Bertz CT molecular complexity index is 147. The Labute approximate surface area is 47.6 Å². The molecular weight excluding hydrogens is 103 g/mol. The summed E-state index contributed by atoms with van der Waals surface area (Å²) in [4.78, 5) is 0. The maximum Gasteiger partial charge on any atom is 0.115 e. The summed E-state index contributed by atoms with van der Waals surface area (Å²) in [5.41, 5.74) is 5.98. The van der Waals surface area contributed by atoms with Gasteiger partial charge in [-0.05, 0) is 24.3 Å². The third-order valence-electron chi connectivity index (χ3n) is 0.893. The fourth-order valence-electron chi connectivity index (χ4n) is 0.474. The first-order valence-corrected chi connectivity index (χ1v) is 2.33. The molecule has 1 aromatic rings. The van der Waals surface area contributed by atoms with Crippen molar-refractivity contribution in [2.75, 3.05) is 5.73 Å². The Morgan fingerprint density at radius 3 is 2.00 bits per heavy atom. The largest absolute Gasteiger partial charge is 0.508 e. The molecule has 0 radical (unpaired) electrons. The van der Waals surface area contributed by atoms with E-state index in [9.17, 15) is 0 Å². The van der Waals surface area contributed by atoms with E-state index < -0.39 is 0 Å². The van der Waals surface area contributed by atoms with Gasteiger partial charge in [-0.2, -0.15) is 0 Å². The molecule has 8 heavy (non-hydrogen) atoms. The van der Waals surface area contributed by atoms with Gasteiger partial charge in [0.05, 0.1) is 0 Å². The lowest BCUT2D eigenvalue weighted by atomic mass is 10.4. The van der Waals surface area contributed by atoms with Gasteiger partial charge in [0.15, 0.2) is 0 Å². The van der Waals surface area contributed by atoms with E-state index in [1.54, 1.807) is 24.3 Å². The molecule has 0 aliphatic heterocycles. The van der Waals surface area contributed by atoms with Crippen molar-refractivity contribution in [2.24, 2.45) is 0 Å². The molecule has 2 heteroatoms. The number of aromatic hydroxyl groups is 1. The van der Waals surface area contributed by atoms with Crippen molar-refractivity contribution in [3.05, 3.63) is 24.3 Å². The summed E-state index contributed by atoms with van der Waals surface area (Å²) < 4.78 is 0. The summed E-state index contributed by atoms with van der Waals surface area (Å²) in [6.45, 7) is 0. The van der Waals surface area contributed by atoms with Gasteiger partial charge in [0.25, 0.3) is 0 Å². The van der Waals surface area contributed by atoms with Gasteiger partial charge in [-0.25, -0.2) is 0 Å². The third-order valence-corrected chi connectivity index (χ3v) is 0.893. The highest BCUT2D eigenvalue weighted by Crippen LogP contribution is 2.09. The zero-order valence-electron chi connectivity index (χ0n) is 4.33. The van der Waals surface area contributed by atoms with E-state index in [1.165, 1.54) is 0 Å². The van der Waals surface area contributed by atoms with Crippen molar-refractivity contribution in [1.82, 2.24) is 0 Å². The summed E-state index contributed by atoms with van der Waals surface area (Å²) in [6.07, 6.45) is 0. The molecule has 1 aromatic carbocycles. The molecule has 0 spiro atoms. The number of nitrogen functional groups attached to an aromatic ring is 1. The third kappa shape index (κ3) is 0.904. The van der Waals surface area contributed by atoms with E-state index in [0.717, 1.165) is 0 Å². The number of benzene rings is 1. The lowest BCUT2D eigenvalue weighted by Crippen LogP contribution is -1.80. The maximum absolute atomic E-state index is 8.70. The monoisotopic (exact) mass is 110 g/mol. The molecule has 2 nitrogen and oxygen atoms in total. The summed E-state index contributed by atoms with van der Waals surface area (Å²) in [5.74, 6) is 0.249. The number of phenolic OH excluding ortho intramolecular Hbond substituents is 1. The number of hydrogen-bond donors (Lipinski definition) is 2. The predicted octanol–water partition coefficient (Wildman–Crippen LogP) is 0.974. The second-order valence-electron chi connectivity index (χ2n) is 1.59. The Balaban J connectivity index is 3.03. The Morgan fingerprint density at radius 1 is 1.12 bits per heavy atom. The quantitative estimate of drug-likeness (QED) is 0.386. The second kappa shape index (κ2) is 1.74. The average molecular weight is 110 g/mol. The summed E-state index contributed by atoms with van der Waals surface area (Å²) in [6, 6.07) is 6.40. The highest BCUT2D eigenvalue weighted by Gasteiger charge is 1.82. The highest BCUT2D eigenvalue weighted by atomic mass is 16.3. The molecule has 0 saturated heterocycles. The van der Waals surface area contributed by atoms with Crippen molar-refractivity contribution in [1.29, 1.82) is 0 Å². The Morgan fingerprint density at radius 2 is 1.62 bits per heavy atom. The number of nitrogens with two attached hydrogens (primary N) is 1. The van der Waals surface area contributed by atoms with E-state index in [2.05, 4.69) is 0 Å². The minimum atomic E-state index is 0.249. The van der Waals surface area contributed by atoms with Gasteiger partial charge in [0.1, 0.15) is 5.75 Å². The average Bonchev–Trinajstić information content (AvgIpc) is 1.77. The molecule has 0 bridgehead atoms. The number of phenols is 1. The SMILES string of the molecule is Nc1cc[13c](O)cc1. The van der Waals surface area contributed by atoms with E-state index in [-0.39, 0.29) is 5.75 Å². The summed E-state index contributed by atoms with van der Waals surface area (Å²) in [7, 11) is 0. The Hall–Kier alpha value is -1.18. The van der Waals surface area contributed by atoms with E-state index in [4.69, 9.17) is 10.8 Å². The predicted molar refractivity (Wildman–Crippen MR) is 32.5 cm³/mol. The van der Waals surface area contributed by atoms with Crippen LogP contribution in [0.25, 0.3) is 0 Å². The van der Waals surface area contributed by atoms with Gasteiger partial charge in [0.2, 0.25) is 0 Å². The van der Waals surface area contributed by atoms with Crippen LogP contribution in [0, 0.1) is 0 Å². The number of hydrogen-bond acceptors (Lipinski definition) is 2. The molecule has 42 valence electrons. The number of rotatable bonds is 0. The van der Waals surface area contributed by atoms with Crippen molar-refractivity contribution >= 4 is 5.69 Å². The van der Waals surface area contributed by atoms with Crippen LogP contribution < -0.4 is 5.73 Å².